The van der Waals surface area contributed by atoms with Gasteiger partial charge in [-0.3, -0.25) is 0 Å². The van der Waals surface area contributed by atoms with E-state index in [-0.39, 0.29) is 0 Å². The largest absolute Gasteiger partial charge is 0.343 e. The molecule has 3 aromatic rings. The van der Waals surface area contributed by atoms with Gasteiger partial charge in [0.25, 0.3) is 0 Å². The molecule has 0 atom stereocenters. The van der Waals surface area contributed by atoms with Crippen LogP contribution in [-0.2, 0) is 17.8 Å². The van der Waals surface area contributed by atoms with Crippen molar-refractivity contribution >= 4 is 17.2 Å². The lowest BCUT2D eigenvalue weighted by atomic mass is 10.1. The number of aldehydes is 1. The van der Waals surface area contributed by atoms with Crippen molar-refractivity contribution in [2.24, 2.45) is 0 Å². The monoisotopic (exact) mass is 249 g/mol. The van der Waals surface area contributed by atoms with E-state index in [1.807, 2.05) is 18.2 Å². The molecule has 2 nitrogen and oxygen atoms in total. The van der Waals surface area contributed by atoms with Crippen LogP contribution < -0.4 is 0 Å². The Bertz CT molecular complexity index is 698. The van der Waals surface area contributed by atoms with E-state index in [0.29, 0.717) is 6.42 Å². The molecular weight excluding hydrogens is 234 g/mol. The molecule has 0 unspecified atom stereocenters. The van der Waals surface area contributed by atoms with Crippen molar-refractivity contribution in [2.75, 3.05) is 0 Å². The standard InChI is InChI=1S/C17H15NO/c19-12-10-15-7-4-8-17-16(15)9-11-18(17)13-14-5-2-1-3-6-14/h1-9,11-12H,10,13H2. The summed E-state index contributed by atoms with van der Waals surface area (Å²) in [6.45, 7) is 0.856. The lowest BCUT2D eigenvalue weighted by Crippen LogP contribution is -1.97. The van der Waals surface area contributed by atoms with Gasteiger partial charge in [-0.1, -0.05) is 42.5 Å². The van der Waals surface area contributed by atoms with Gasteiger partial charge in [-0.05, 0) is 23.3 Å². The highest BCUT2D eigenvalue weighted by Gasteiger charge is 2.05. The summed E-state index contributed by atoms with van der Waals surface area (Å²) >= 11 is 0. The van der Waals surface area contributed by atoms with Crippen LogP contribution in [0.3, 0.4) is 0 Å². The summed E-state index contributed by atoms with van der Waals surface area (Å²) in [4.78, 5) is 10.7. The number of carbonyl (C=O) groups excluding carboxylic acids is 1. The fourth-order valence-electron chi connectivity index (χ4n) is 2.47. The number of benzene rings is 2. The smallest absolute Gasteiger partial charge is 0.124 e. The summed E-state index contributed by atoms with van der Waals surface area (Å²) in [5.41, 5.74) is 3.56. The van der Waals surface area contributed by atoms with Crippen LogP contribution in [0.2, 0.25) is 0 Å². The Morgan fingerprint density at radius 3 is 2.58 bits per heavy atom. The third kappa shape index (κ3) is 2.29. The minimum atomic E-state index is 0.479. The molecule has 0 spiro atoms. The third-order valence-corrected chi connectivity index (χ3v) is 3.40. The molecule has 2 heteroatoms. The Balaban J connectivity index is 2.01. The Morgan fingerprint density at radius 2 is 1.79 bits per heavy atom. The van der Waals surface area contributed by atoms with Gasteiger partial charge in [-0.15, -0.1) is 0 Å². The van der Waals surface area contributed by atoms with Crippen molar-refractivity contribution in [3.8, 4) is 0 Å². The average Bonchev–Trinajstić information content (AvgIpc) is 2.85. The lowest BCUT2D eigenvalue weighted by molar-refractivity contribution is -0.107. The molecule has 0 aliphatic carbocycles. The first-order chi connectivity index (χ1) is 9.38. The van der Waals surface area contributed by atoms with Crippen molar-refractivity contribution in [3.05, 3.63) is 71.9 Å². The molecule has 2 aromatic carbocycles. The summed E-state index contributed by atoms with van der Waals surface area (Å²) in [6.07, 6.45) is 3.53. The number of hydrogen-bond donors (Lipinski definition) is 0. The quantitative estimate of drug-likeness (QED) is 0.649. The van der Waals surface area contributed by atoms with E-state index < -0.39 is 0 Å². The summed E-state index contributed by atoms with van der Waals surface area (Å²) in [5.74, 6) is 0. The summed E-state index contributed by atoms with van der Waals surface area (Å²) < 4.78 is 2.22. The zero-order valence-electron chi connectivity index (χ0n) is 10.6. The van der Waals surface area contributed by atoms with Crippen molar-refractivity contribution < 1.29 is 4.79 Å². The normalized spacial score (nSPS) is 10.7. The van der Waals surface area contributed by atoms with E-state index in [1.54, 1.807) is 0 Å². The van der Waals surface area contributed by atoms with E-state index in [2.05, 4.69) is 47.2 Å². The highest BCUT2D eigenvalue weighted by molar-refractivity contribution is 5.85. The minimum absolute atomic E-state index is 0.479. The SMILES string of the molecule is O=CCc1cccc2c1ccn2Cc1ccccc1. The Morgan fingerprint density at radius 1 is 0.947 bits per heavy atom. The van der Waals surface area contributed by atoms with Crippen molar-refractivity contribution in [2.45, 2.75) is 13.0 Å². The van der Waals surface area contributed by atoms with E-state index in [1.165, 1.54) is 16.5 Å². The number of rotatable bonds is 4. The van der Waals surface area contributed by atoms with E-state index in [9.17, 15) is 4.79 Å². The van der Waals surface area contributed by atoms with Crippen LogP contribution in [-0.4, -0.2) is 10.9 Å². The second kappa shape index (κ2) is 5.11. The number of fused-ring (bicyclic) bond motifs is 1. The fraction of sp³-hybridized carbons (Fsp3) is 0.118. The molecular formula is C17H15NO. The maximum Gasteiger partial charge on any atom is 0.124 e. The molecule has 0 bridgehead atoms. The molecule has 0 aliphatic rings. The van der Waals surface area contributed by atoms with Gasteiger partial charge in [0.05, 0.1) is 0 Å². The predicted molar refractivity (Wildman–Crippen MR) is 77.3 cm³/mol. The van der Waals surface area contributed by atoms with Gasteiger partial charge in [0.15, 0.2) is 0 Å². The summed E-state index contributed by atoms with van der Waals surface area (Å²) in [6, 6.07) is 18.6. The van der Waals surface area contributed by atoms with Crippen LogP contribution >= 0.6 is 0 Å². The number of aromatic nitrogens is 1. The Hall–Kier alpha value is -2.35. The Kier molecular flexibility index (Phi) is 3.15. The predicted octanol–water partition coefficient (Wildman–Crippen LogP) is 3.43. The van der Waals surface area contributed by atoms with Crippen LogP contribution in [0, 0.1) is 0 Å². The zero-order valence-corrected chi connectivity index (χ0v) is 10.6. The number of hydrogen-bond acceptors (Lipinski definition) is 1. The second-order valence-corrected chi connectivity index (χ2v) is 4.65. The molecule has 0 fully saturated rings. The van der Waals surface area contributed by atoms with E-state index in [4.69, 9.17) is 0 Å². The molecule has 0 N–H and O–H groups in total. The first-order valence-corrected chi connectivity index (χ1v) is 6.43. The number of nitrogens with zero attached hydrogens (tertiary/aromatic N) is 1. The average molecular weight is 249 g/mol. The first kappa shape index (κ1) is 11.7. The van der Waals surface area contributed by atoms with E-state index >= 15 is 0 Å². The lowest BCUT2D eigenvalue weighted by Gasteiger charge is -2.06. The van der Waals surface area contributed by atoms with Gasteiger partial charge in [0, 0.05) is 30.1 Å². The molecule has 1 heterocycles. The van der Waals surface area contributed by atoms with Crippen molar-refractivity contribution in [3.63, 3.8) is 0 Å². The van der Waals surface area contributed by atoms with Crippen LogP contribution in [0.5, 0.6) is 0 Å². The highest BCUT2D eigenvalue weighted by atomic mass is 16.1. The van der Waals surface area contributed by atoms with Gasteiger partial charge in [-0.2, -0.15) is 0 Å². The van der Waals surface area contributed by atoms with Crippen molar-refractivity contribution in [1.82, 2.24) is 4.57 Å². The molecule has 1 aromatic heterocycles. The minimum Gasteiger partial charge on any atom is -0.343 e. The van der Waals surface area contributed by atoms with Gasteiger partial charge >= 0.3 is 0 Å². The zero-order chi connectivity index (χ0) is 13.1. The molecule has 94 valence electrons. The maximum atomic E-state index is 10.7. The maximum absolute atomic E-state index is 10.7. The molecule has 0 saturated carbocycles. The molecule has 0 radical (unpaired) electrons. The molecule has 19 heavy (non-hydrogen) atoms. The van der Waals surface area contributed by atoms with Crippen LogP contribution in [0.25, 0.3) is 10.9 Å². The molecule has 3 rings (SSSR count). The molecule has 0 amide bonds. The van der Waals surface area contributed by atoms with Crippen LogP contribution in [0.1, 0.15) is 11.1 Å². The van der Waals surface area contributed by atoms with Crippen molar-refractivity contribution in [1.29, 1.82) is 0 Å². The number of carbonyl (C=O) groups is 1. The third-order valence-electron chi connectivity index (χ3n) is 3.40. The van der Waals surface area contributed by atoms with Gasteiger partial charge in [0.2, 0.25) is 0 Å². The second-order valence-electron chi connectivity index (χ2n) is 4.65. The fourth-order valence-corrected chi connectivity index (χ4v) is 2.47. The summed E-state index contributed by atoms with van der Waals surface area (Å²) in [7, 11) is 0. The van der Waals surface area contributed by atoms with Crippen LogP contribution in [0.15, 0.2) is 60.8 Å². The Labute approximate surface area is 112 Å². The topological polar surface area (TPSA) is 22.0 Å². The molecule has 0 aliphatic heterocycles. The van der Waals surface area contributed by atoms with Gasteiger partial charge in [0.1, 0.15) is 6.29 Å². The van der Waals surface area contributed by atoms with Gasteiger partial charge in [-0.25, -0.2) is 0 Å². The van der Waals surface area contributed by atoms with Crippen LogP contribution in [0.4, 0.5) is 0 Å². The van der Waals surface area contributed by atoms with Gasteiger partial charge < -0.3 is 9.36 Å². The molecule has 0 saturated heterocycles. The van der Waals surface area contributed by atoms with E-state index in [0.717, 1.165) is 18.4 Å². The first-order valence-electron chi connectivity index (χ1n) is 6.43. The summed E-state index contributed by atoms with van der Waals surface area (Å²) in [5, 5.41) is 1.17. The highest BCUT2D eigenvalue weighted by Crippen LogP contribution is 2.21.